The van der Waals surface area contributed by atoms with Crippen molar-refractivity contribution < 1.29 is 29.0 Å². The fourth-order valence-corrected chi connectivity index (χ4v) is 4.34. The average Bonchev–Trinajstić information content (AvgIpc) is 3.17. The number of carboxylic acid groups (broad SMARTS) is 1. The highest BCUT2D eigenvalue weighted by atomic mass is 32.2. The molecule has 9 heteroatoms. The van der Waals surface area contributed by atoms with Gasteiger partial charge >= 0.3 is 11.9 Å². The number of para-hydroxylation sites is 2. The van der Waals surface area contributed by atoms with E-state index in [2.05, 4.69) is 9.73 Å². The summed E-state index contributed by atoms with van der Waals surface area (Å²) in [5.74, 6) is -1.34. The third-order valence-corrected chi connectivity index (χ3v) is 6.20. The number of rotatable bonds is 8. The molecule has 1 saturated heterocycles. The third kappa shape index (κ3) is 6.00. The summed E-state index contributed by atoms with van der Waals surface area (Å²) in [6.45, 7) is -0.0355. The van der Waals surface area contributed by atoms with E-state index >= 15 is 0 Å². The van der Waals surface area contributed by atoms with Crippen LogP contribution in [0, 0.1) is 0 Å². The number of amidine groups is 1. The van der Waals surface area contributed by atoms with Gasteiger partial charge in [-0.05, 0) is 53.7 Å². The van der Waals surface area contributed by atoms with Gasteiger partial charge in [0.25, 0.3) is 5.91 Å². The van der Waals surface area contributed by atoms with Crippen LogP contribution in [0.3, 0.4) is 0 Å². The van der Waals surface area contributed by atoms with E-state index in [1.54, 1.807) is 41.3 Å². The Labute approximate surface area is 211 Å². The molecule has 8 nitrogen and oxygen atoms in total. The Morgan fingerprint density at radius 3 is 2.39 bits per heavy atom. The van der Waals surface area contributed by atoms with E-state index in [0.717, 1.165) is 5.56 Å². The Hall–Kier alpha value is -4.37. The Morgan fingerprint density at radius 2 is 1.69 bits per heavy atom. The highest BCUT2D eigenvalue weighted by Gasteiger charge is 2.33. The minimum atomic E-state index is -1.01. The molecule has 1 aliphatic rings. The first-order chi connectivity index (χ1) is 17.4. The molecule has 1 heterocycles. The molecule has 0 saturated carbocycles. The molecule has 0 spiro atoms. The molecule has 1 N–H and O–H groups in total. The quantitative estimate of drug-likeness (QED) is 0.350. The number of amides is 1. The number of carbonyl (C=O) groups excluding carboxylic acids is 2. The van der Waals surface area contributed by atoms with E-state index in [-0.39, 0.29) is 24.6 Å². The molecule has 182 valence electrons. The van der Waals surface area contributed by atoms with Crippen LogP contribution in [0.2, 0.25) is 0 Å². The lowest BCUT2D eigenvalue weighted by Crippen LogP contribution is -2.28. The Bertz CT molecular complexity index is 1340. The summed E-state index contributed by atoms with van der Waals surface area (Å²) in [6.07, 6.45) is 1.70. The Balaban J connectivity index is 1.65. The molecule has 1 amide bonds. The number of carbonyl (C=O) groups is 3. The van der Waals surface area contributed by atoms with Gasteiger partial charge in [0.2, 0.25) is 0 Å². The number of benzene rings is 3. The maximum absolute atomic E-state index is 13.5. The highest BCUT2D eigenvalue weighted by molar-refractivity contribution is 8.18. The monoisotopic (exact) mass is 502 g/mol. The number of esters is 1. The number of carboxylic acids is 1. The Morgan fingerprint density at radius 1 is 1.00 bits per heavy atom. The van der Waals surface area contributed by atoms with E-state index in [4.69, 9.17) is 9.84 Å². The van der Waals surface area contributed by atoms with Gasteiger partial charge in [-0.3, -0.25) is 9.69 Å². The fraction of sp³-hybridized carbons (Fsp3) is 0.111. The molecular formula is C27H22N2O6S. The largest absolute Gasteiger partial charge is 0.481 e. The van der Waals surface area contributed by atoms with E-state index in [1.807, 2.05) is 36.4 Å². The summed E-state index contributed by atoms with van der Waals surface area (Å²) in [4.78, 5) is 42.8. The first kappa shape index (κ1) is 24.7. The van der Waals surface area contributed by atoms with Crippen LogP contribution in [-0.4, -0.2) is 46.7 Å². The summed E-state index contributed by atoms with van der Waals surface area (Å²) in [7, 11) is 1.28. The number of methoxy groups -OCH3 is 1. The number of hydrogen-bond donors (Lipinski definition) is 1. The van der Waals surface area contributed by atoms with Crippen molar-refractivity contribution in [2.45, 2.75) is 6.54 Å². The maximum atomic E-state index is 13.5. The summed E-state index contributed by atoms with van der Waals surface area (Å²) >= 11 is 1.23. The van der Waals surface area contributed by atoms with Crippen LogP contribution in [0.5, 0.6) is 5.75 Å². The molecular weight excluding hydrogens is 480 g/mol. The predicted octanol–water partition coefficient (Wildman–Crippen LogP) is 4.74. The van der Waals surface area contributed by atoms with E-state index in [0.29, 0.717) is 27.1 Å². The van der Waals surface area contributed by atoms with Crippen molar-refractivity contribution in [1.29, 1.82) is 0 Å². The first-order valence-corrected chi connectivity index (χ1v) is 11.7. The minimum absolute atomic E-state index is 0.170. The van der Waals surface area contributed by atoms with Gasteiger partial charge in [0.15, 0.2) is 11.8 Å². The average molecular weight is 503 g/mol. The molecule has 0 radical (unpaired) electrons. The van der Waals surface area contributed by atoms with Gasteiger partial charge in [-0.1, -0.05) is 48.5 Å². The maximum Gasteiger partial charge on any atom is 0.343 e. The van der Waals surface area contributed by atoms with Gasteiger partial charge in [-0.15, -0.1) is 0 Å². The molecule has 0 bridgehead atoms. The second-order valence-corrected chi connectivity index (χ2v) is 8.65. The highest BCUT2D eigenvalue weighted by Crippen LogP contribution is 2.36. The summed E-state index contributed by atoms with van der Waals surface area (Å²) in [5.41, 5.74) is 2.26. The SMILES string of the molecule is COC(=O)COc1ccccc1C=C1SC(=Nc2ccccc2)N(Cc2ccc(C(=O)O)cc2)C1=O. The fourth-order valence-electron chi connectivity index (χ4n) is 3.35. The molecule has 1 fully saturated rings. The van der Waals surface area contributed by atoms with Crippen LogP contribution in [0.15, 0.2) is 88.8 Å². The van der Waals surface area contributed by atoms with Crippen LogP contribution in [0.4, 0.5) is 5.69 Å². The minimum Gasteiger partial charge on any atom is -0.481 e. The number of nitrogens with zero attached hydrogens (tertiary/aromatic N) is 2. The summed E-state index contributed by atoms with van der Waals surface area (Å²) < 4.78 is 10.2. The van der Waals surface area contributed by atoms with Crippen molar-refractivity contribution in [1.82, 2.24) is 4.90 Å². The predicted molar refractivity (Wildman–Crippen MR) is 137 cm³/mol. The van der Waals surface area contributed by atoms with Crippen molar-refractivity contribution in [2.75, 3.05) is 13.7 Å². The zero-order valence-corrected chi connectivity index (χ0v) is 20.1. The number of ether oxygens (including phenoxy) is 2. The van der Waals surface area contributed by atoms with E-state index in [1.165, 1.54) is 31.0 Å². The van der Waals surface area contributed by atoms with Crippen molar-refractivity contribution in [3.05, 3.63) is 100 Å². The second kappa shape index (κ2) is 11.4. The lowest BCUT2D eigenvalue weighted by atomic mass is 10.1. The molecule has 0 unspecified atom stereocenters. The van der Waals surface area contributed by atoms with Crippen molar-refractivity contribution >= 4 is 46.5 Å². The molecule has 36 heavy (non-hydrogen) atoms. The van der Waals surface area contributed by atoms with Crippen LogP contribution in [0.25, 0.3) is 6.08 Å². The van der Waals surface area contributed by atoms with E-state index < -0.39 is 11.9 Å². The number of thioether (sulfide) groups is 1. The van der Waals surface area contributed by atoms with Gasteiger partial charge in [-0.2, -0.15) is 0 Å². The van der Waals surface area contributed by atoms with Gasteiger partial charge in [0.05, 0.1) is 29.8 Å². The van der Waals surface area contributed by atoms with Gasteiger partial charge in [-0.25, -0.2) is 14.6 Å². The lowest BCUT2D eigenvalue weighted by Gasteiger charge is -2.16. The molecule has 0 aromatic heterocycles. The smallest absolute Gasteiger partial charge is 0.343 e. The first-order valence-electron chi connectivity index (χ1n) is 10.9. The van der Waals surface area contributed by atoms with Crippen LogP contribution < -0.4 is 4.74 Å². The van der Waals surface area contributed by atoms with Gasteiger partial charge < -0.3 is 14.6 Å². The van der Waals surface area contributed by atoms with Crippen LogP contribution in [-0.2, 0) is 20.9 Å². The molecule has 4 rings (SSSR count). The summed E-state index contributed by atoms with van der Waals surface area (Å²) in [6, 6.07) is 22.7. The lowest BCUT2D eigenvalue weighted by molar-refractivity contribution is -0.142. The molecule has 0 atom stereocenters. The normalized spacial score (nSPS) is 15.4. The van der Waals surface area contributed by atoms with Crippen molar-refractivity contribution in [2.24, 2.45) is 4.99 Å². The molecule has 3 aromatic carbocycles. The third-order valence-electron chi connectivity index (χ3n) is 5.19. The topological polar surface area (TPSA) is 106 Å². The number of hydrogen-bond acceptors (Lipinski definition) is 7. The standard InChI is InChI=1S/C27H22N2O6S/c1-34-24(30)17-35-22-10-6-5-7-20(22)15-23-25(31)29(16-18-11-13-19(14-12-18)26(32)33)27(36-23)28-21-8-3-2-4-9-21/h2-15H,16-17H2,1H3,(H,32,33). The second-order valence-electron chi connectivity index (χ2n) is 7.64. The van der Waals surface area contributed by atoms with Gasteiger partial charge in [0, 0.05) is 5.56 Å². The zero-order valence-electron chi connectivity index (χ0n) is 19.3. The van der Waals surface area contributed by atoms with E-state index in [9.17, 15) is 14.4 Å². The van der Waals surface area contributed by atoms with Crippen LogP contribution in [0.1, 0.15) is 21.5 Å². The number of aliphatic imine (C=N–C) groups is 1. The van der Waals surface area contributed by atoms with Crippen LogP contribution >= 0.6 is 11.8 Å². The zero-order chi connectivity index (χ0) is 25.5. The molecule has 0 aliphatic carbocycles. The van der Waals surface area contributed by atoms with Crippen molar-refractivity contribution in [3.8, 4) is 5.75 Å². The van der Waals surface area contributed by atoms with Crippen molar-refractivity contribution in [3.63, 3.8) is 0 Å². The molecule has 1 aliphatic heterocycles. The molecule has 3 aromatic rings. The van der Waals surface area contributed by atoms with Gasteiger partial charge in [0.1, 0.15) is 5.75 Å². The number of aromatic carboxylic acids is 1. The Kier molecular flexibility index (Phi) is 7.82. The summed E-state index contributed by atoms with van der Waals surface area (Å²) in [5, 5.41) is 9.65.